The van der Waals surface area contributed by atoms with Crippen LogP contribution in [0.1, 0.15) is 11.5 Å². The zero-order valence-corrected chi connectivity index (χ0v) is 11.6. The highest BCUT2D eigenvalue weighted by atomic mass is 79.9. The van der Waals surface area contributed by atoms with Crippen molar-refractivity contribution >= 4 is 27.6 Å². The summed E-state index contributed by atoms with van der Waals surface area (Å²) in [5.74, 6) is 0.318. The molecule has 0 radical (unpaired) electrons. The minimum absolute atomic E-state index is 0.00785. The third kappa shape index (κ3) is 3.48. The highest BCUT2D eigenvalue weighted by Crippen LogP contribution is 2.34. The Kier molecular flexibility index (Phi) is 4.29. The number of aromatic nitrogens is 2. The van der Waals surface area contributed by atoms with Crippen LogP contribution in [0.4, 0.5) is 24.9 Å². The van der Waals surface area contributed by atoms with Crippen LogP contribution in [0.15, 0.2) is 27.1 Å². The maximum atomic E-state index is 12.6. The smallest absolute Gasteiger partial charge is 0.408 e. The monoisotopic (exact) mass is 350 g/mol. The molecule has 0 fully saturated rings. The van der Waals surface area contributed by atoms with E-state index in [1.54, 1.807) is 0 Å². The summed E-state index contributed by atoms with van der Waals surface area (Å²) in [6.07, 6.45) is -4.02. The first kappa shape index (κ1) is 14.8. The fraction of sp³-hybridized carbons (Fsp3) is 0.273. The van der Waals surface area contributed by atoms with E-state index in [0.29, 0.717) is 23.3 Å². The second kappa shape index (κ2) is 5.80. The third-order valence-corrected chi connectivity index (χ3v) is 3.05. The van der Waals surface area contributed by atoms with Crippen molar-refractivity contribution in [1.82, 2.24) is 10.2 Å². The van der Waals surface area contributed by atoms with Gasteiger partial charge in [-0.15, -0.1) is 5.10 Å². The number of hydrogen-bond donors (Lipinski definition) is 2. The van der Waals surface area contributed by atoms with E-state index in [9.17, 15) is 13.2 Å². The molecule has 1 aromatic heterocycles. The van der Waals surface area contributed by atoms with Gasteiger partial charge in [0.2, 0.25) is 5.89 Å². The first-order valence-corrected chi connectivity index (χ1v) is 6.35. The Bertz CT molecular complexity index is 600. The second-order valence-corrected chi connectivity index (χ2v) is 4.71. The van der Waals surface area contributed by atoms with E-state index in [1.807, 2.05) is 0 Å². The number of rotatable bonds is 4. The zero-order chi connectivity index (χ0) is 14.8. The summed E-state index contributed by atoms with van der Waals surface area (Å²) in [5.41, 5.74) is 4.74. The number of halogens is 4. The van der Waals surface area contributed by atoms with Gasteiger partial charge >= 0.3 is 12.2 Å². The van der Waals surface area contributed by atoms with Crippen molar-refractivity contribution in [3.05, 3.63) is 34.1 Å². The van der Waals surface area contributed by atoms with Gasteiger partial charge in [0.05, 0.1) is 11.3 Å². The fourth-order valence-corrected chi connectivity index (χ4v) is 1.79. The predicted octanol–water partition coefficient (Wildman–Crippen LogP) is 3.10. The minimum Gasteiger partial charge on any atom is -0.408 e. The van der Waals surface area contributed by atoms with Crippen LogP contribution < -0.4 is 11.1 Å². The molecule has 2 rings (SSSR count). The summed E-state index contributed by atoms with van der Waals surface area (Å²) in [6, 6.07) is 3.23. The van der Waals surface area contributed by atoms with E-state index in [0.717, 1.165) is 12.1 Å². The first-order valence-electron chi connectivity index (χ1n) is 5.56. The lowest BCUT2D eigenvalue weighted by molar-refractivity contribution is -0.137. The van der Waals surface area contributed by atoms with Crippen LogP contribution in [0.5, 0.6) is 0 Å². The molecule has 0 saturated carbocycles. The lowest BCUT2D eigenvalue weighted by atomic mass is 10.2. The molecule has 2 aromatic rings. The summed E-state index contributed by atoms with van der Waals surface area (Å²) in [4.78, 5) is 0. The molecule has 0 aliphatic heterocycles. The second-order valence-electron chi connectivity index (χ2n) is 3.86. The molecule has 0 amide bonds. The quantitative estimate of drug-likeness (QED) is 0.885. The largest absolute Gasteiger partial charge is 0.416 e. The molecule has 0 aliphatic rings. The highest BCUT2D eigenvalue weighted by molar-refractivity contribution is 9.10. The molecular weight excluding hydrogens is 341 g/mol. The van der Waals surface area contributed by atoms with Crippen molar-refractivity contribution < 1.29 is 17.6 Å². The molecule has 0 aliphatic carbocycles. The van der Waals surface area contributed by atoms with E-state index < -0.39 is 11.7 Å². The Morgan fingerprint density at radius 2 is 2.05 bits per heavy atom. The van der Waals surface area contributed by atoms with Crippen LogP contribution in [0.25, 0.3) is 0 Å². The molecule has 1 heterocycles. The van der Waals surface area contributed by atoms with E-state index in [-0.39, 0.29) is 11.7 Å². The van der Waals surface area contributed by atoms with Crippen LogP contribution in [0.2, 0.25) is 0 Å². The number of nitrogens with one attached hydrogen (secondary N) is 1. The van der Waals surface area contributed by atoms with Crippen molar-refractivity contribution in [3.63, 3.8) is 0 Å². The first-order chi connectivity index (χ1) is 9.40. The molecule has 0 saturated heterocycles. The van der Waals surface area contributed by atoms with Gasteiger partial charge in [0.1, 0.15) is 0 Å². The number of nitrogens with zero attached hydrogens (tertiary/aromatic N) is 2. The van der Waals surface area contributed by atoms with E-state index >= 15 is 0 Å². The van der Waals surface area contributed by atoms with E-state index in [2.05, 4.69) is 31.4 Å². The van der Waals surface area contributed by atoms with E-state index in [1.165, 1.54) is 6.07 Å². The van der Waals surface area contributed by atoms with Crippen LogP contribution >= 0.6 is 15.9 Å². The van der Waals surface area contributed by atoms with Gasteiger partial charge in [-0.3, -0.25) is 0 Å². The molecular formula is C11H10BrF3N4O. The molecule has 0 unspecified atom stereocenters. The Hall–Kier alpha value is -1.61. The summed E-state index contributed by atoms with van der Waals surface area (Å²) in [6.45, 7) is 0.342. The van der Waals surface area contributed by atoms with Gasteiger partial charge in [0.25, 0.3) is 0 Å². The Morgan fingerprint density at radius 1 is 1.30 bits per heavy atom. The molecule has 5 nitrogen and oxygen atoms in total. The molecule has 108 valence electrons. The third-order valence-electron chi connectivity index (χ3n) is 2.36. The number of benzene rings is 1. The molecule has 20 heavy (non-hydrogen) atoms. The minimum atomic E-state index is -4.42. The van der Waals surface area contributed by atoms with Crippen LogP contribution in [-0.4, -0.2) is 16.7 Å². The molecule has 3 N–H and O–H groups in total. The standard InChI is InChI=1S/C11H10BrF3N4O/c12-7-2-1-6(11(13,14)15)5-8(7)17-10-19-18-9(20-10)3-4-16/h1-2,5H,3-4,16H2,(H,17,19). The fourth-order valence-electron chi connectivity index (χ4n) is 1.44. The van der Waals surface area contributed by atoms with Gasteiger partial charge in [-0.2, -0.15) is 13.2 Å². The van der Waals surface area contributed by atoms with Gasteiger partial charge < -0.3 is 15.5 Å². The van der Waals surface area contributed by atoms with Crippen LogP contribution in [-0.2, 0) is 12.6 Å². The number of alkyl halides is 3. The zero-order valence-electron chi connectivity index (χ0n) is 10.0. The lowest BCUT2D eigenvalue weighted by Gasteiger charge is -2.10. The average molecular weight is 351 g/mol. The molecule has 9 heteroatoms. The molecule has 1 aromatic carbocycles. The van der Waals surface area contributed by atoms with Gasteiger partial charge in [0, 0.05) is 17.4 Å². The summed E-state index contributed by atoms with van der Waals surface area (Å²) < 4.78 is 43.5. The predicted molar refractivity (Wildman–Crippen MR) is 69.5 cm³/mol. The number of nitrogens with two attached hydrogens (primary N) is 1. The van der Waals surface area contributed by atoms with Gasteiger partial charge in [0.15, 0.2) is 0 Å². The Morgan fingerprint density at radius 3 is 2.70 bits per heavy atom. The molecule has 0 atom stereocenters. The summed E-state index contributed by atoms with van der Waals surface area (Å²) in [5, 5.41) is 10.0. The van der Waals surface area contributed by atoms with E-state index in [4.69, 9.17) is 10.2 Å². The SMILES string of the molecule is NCCc1nnc(Nc2cc(C(F)(F)F)ccc2Br)o1. The number of hydrogen-bond acceptors (Lipinski definition) is 5. The topological polar surface area (TPSA) is 77.0 Å². The van der Waals surface area contributed by atoms with Crippen molar-refractivity contribution in [2.45, 2.75) is 12.6 Å². The van der Waals surface area contributed by atoms with Gasteiger partial charge in [-0.25, -0.2) is 0 Å². The molecule has 0 bridgehead atoms. The Labute approximate surface area is 120 Å². The van der Waals surface area contributed by atoms with Crippen LogP contribution in [0, 0.1) is 0 Å². The lowest BCUT2D eigenvalue weighted by Crippen LogP contribution is -2.05. The van der Waals surface area contributed by atoms with Crippen LogP contribution in [0.3, 0.4) is 0 Å². The maximum Gasteiger partial charge on any atom is 0.416 e. The highest BCUT2D eigenvalue weighted by Gasteiger charge is 2.31. The summed E-state index contributed by atoms with van der Waals surface area (Å²) in [7, 11) is 0. The Balaban J connectivity index is 2.23. The van der Waals surface area contributed by atoms with Gasteiger partial charge in [-0.1, -0.05) is 5.10 Å². The average Bonchev–Trinajstić information content (AvgIpc) is 2.78. The summed E-state index contributed by atoms with van der Waals surface area (Å²) >= 11 is 3.15. The number of anilines is 2. The normalized spacial score (nSPS) is 11.7. The molecule has 0 spiro atoms. The van der Waals surface area contributed by atoms with Crippen molar-refractivity contribution in [1.29, 1.82) is 0 Å². The van der Waals surface area contributed by atoms with Crippen molar-refractivity contribution in [2.75, 3.05) is 11.9 Å². The van der Waals surface area contributed by atoms with Crippen molar-refractivity contribution in [3.8, 4) is 0 Å². The van der Waals surface area contributed by atoms with Crippen molar-refractivity contribution in [2.24, 2.45) is 5.73 Å². The maximum absolute atomic E-state index is 12.6. The van der Waals surface area contributed by atoms with Gasteiger partial charge in [-0.05, 0) is 34.1 Å².